The lowest BCUT2D eigenvalue weighted by Crippen LogP contribution is -2.52. The molecule has 1 amide bonds. The Morgan fingerprint density at radius 1 is 1.22 bits per heavy atom. The van der Waals surface area contributed by atoms with E-state index >= 15 is 0 Å². The fourth-order valence-electron chi connectivity index (χ4n) is 4.37. The second-order valence-electron chi connectivity index (χ2n) is 8.23. The zero-order valence-corrected chi connectivity index (χ0v) is 18.2. The van der Waals surface area contributed by atoms with Crippen molar-refractivity contribution in [1.29, 1.82) is 0 Å². The number of likely N-dealkylation sites (tertiary alicyclic amines) is 1. The Hall–Kier alpha value is -3.24. The summed E-state index contributed by atoms with van der Waals surface area (Å²) < 4.78 is 18.6. The van der Waals surface area contributed by atoms with Gasteiger partial charge in [-0.1, -0.05) is 5.21 Å². The van der Waals surface area contributed by atoms with Gasteiger partial charge in [-0.05, 0) is 43.2 Å². The number of methoxy groups -OCH3 is 2. The van der Waals surface area contributed by atoms with E-state index < -0.39 is 0 Å². The van der Waals surface area contributed by atoms with Gasteiger partial charge in [-0.25, -0.2) is 4.68 Å². The Morgan fingerprint density at radius 2 is 2.00 bits per heavy atom. The number of fused-ring (bicyclic) bond motifs is 1. The first kappa shape index (κ1) is 20.7. The van der Waals surface area contributed by atoms with Gasteiger partial charge in [0.2, 0.25) is 0 Å². The Morgan fingerprint density at radius 3 is 2.72 bits per heavy atom. The molecule has 0 saturated carbocycles. The second kappa shape index (κ2) is 8.36. The van der Waals surface area contributed by atoms with Crippen molar-refractivity contribution in [2.24, 2.45) is 0 Å². The first-order valence-electron chi connectivity index (χ1n) is 10.6. The molecular weight excluding hydrogens is 412 g/mol. The largest absolute Gasteiger partial charge is 0.497 e. The van der Waals surface area contributed by atoms with E-state index in [1.807, 2.05) is 33.8 Å². The molecule has 0 atom stereocenters. The number of piperidine rings is 1. The number of carbonyl (C=O) groups excluding carboxylic acids is 1. The predicted octanol–water partition coefficient (Wildman–Crippen LogP) is 2.03. The average Bonchev–Trinajstić information content (AvgIpc) is 3.47. The fraction of sp³-hybridized carbons (Fsp3) is 0.455. The number of ether oxygens (including phenoxy) is 3. The Balaban J connectivity index is 1.23. The first-order valence-corrected chi connectivity index (χ1v) is 10.6. The molecule has 10 nitrogen and oxygen atoms in total. The smallest absolute Gasteiger partial charge is 0.271 e. The van der Waals surface area contributed by atoms with Crippen LogP contribution in [0.4, 0.5) is 0 Å². The number of aromatic amines is 1. The molecule has 3 aromatic rings. The van der Waals surface area contributed by atoms with Gasteiger partial charge >= 0.3 is 0 Å². The third kappa shape index (κ3) is 3.76. The highest BCUT2D eigenvalue weighted by Crippen LogP contribution is 2.34. The number of rotatable bonds is 5. The number of carbonyl (C=O) groups is 1. The number of hydrogen-bond donors (Lipinski definition) is 1. The molecule has 2 aliphatic heterocycles. The summed E-state index contributed by atoms with van der Waals surface area (Å²) in [5, 5.41) is 15.7. The second-order valence-corrected chi connectivity index (χ2v) is 8.23. The van der Waals surface area contributed by atoms with E-state index in [9.17, 15) is 4.79 Å². The third-order valence-electron chi connectivity index (χ3n) is 6.31. The van der Waals surface area contributed by atoms with Gasteiger partial charge in [0, 0.05) is 25.8 Å². The van der Waals surface area contributed by atoms with Gasteiger partial charge in [0.25, 0.3) is 5.91 Å². The minimum absolute atomic E-state index is 0.0493. The van der Waals surface area contributed by atoms with Crippen LogP contribution in [0.3, 0.4) is 0 Å². The predicted molar refractivity (Wildman–Crippen MR) is 114 cm³/mol. The first-order chi connectivity index (χ1) is 15.6. The molecule has 168 valence electrons. The molecule has 5 rings (SSSR count). The van der Waals surface area contributed by atoms with E-state index in [4.69, 9.17) is 14.2 Å². The van der Waals surface area contributed by atoms with Gasteiger partial charge in [-0.15, -0.1) is 5.10 Å². The van der Waals surface area contributed by atoms with Crippen LogP contribution in [0.25, 0.3) is 11.3 Å². The number of hydrogen-bond acceptors (Lipinski definition) is 7. The monoisotopic (exact) mass is 438 g/mol. The van der Waals surface area contributed by atoms with Gasteiger partial charge in [0.05, 0.1) is 43.9 Å². The van der Waals surface area contributed by atoms with Crippen LogP contribution >= 0.6 is 0 Å². The van der Waals surface area contributed by atoms with E-state index in [0.717, 1.165) is 41.2 Å². The molecule has 2 aromatic heterocycles. The molecule has 0 bridgehead atoms. The number of benzene rings is 1. The van der Waals surface area contributed by atoms with Gasteiger partial charge < -0.3 is 19.1 Å². The minimum atomic E-state index is -0.315. The molecule has 1 spiro atoms. The standard InChI is InChI=1S/C22H26N6O4/c1-30-12-19-20-13-32-22(14-28(20)26-25-19)7-9-27(10-8-22)21(29)18-11-17(23-24-18)15-3-5-16(31-2)6-4-15/h3-6,11H,7-10,12-14H2,1-2H3,(H,23,24). The summed E-state index contributed by atoms with van der Waals surface area (Å²) >= 11 is 0. The lowest BCUT2D eigenvalue weighted by Gasteiger charge is -2.43. The summed E-state index contributed by atoms with van der Waals surface area (Å²) in [4.78, 5) is 14.9. The van der Waals surface area contributed by atoms with Crippen molar-refractivity contribution in [3.05, 3.63) is 47.4 Å². The molecule has 0 aliphatic carbocycles. The normalized spacial score (nSPS) is 17.4. The molecule has 4 heterocycles. The summed E-state index contributed by atoms with van der Waals surface area (Å²) in [6.07, 6.45) is 1.49. The van der Waals surface area contributed by atoms with Crippen LogP contribution < -0.4 is 4.74 Å². The quantitative estimate of drug-likeness (QED) is 0.649. The third-order valence-corrected chi connectivity index (χ3v) is 6.31. The van der Waals surface area contributed by atoms with Crippen molar-refractivity contribution in [1.82, 2.24) is 30.1 Å². The maximum Gasteiger partial charge on any atom is 0.271 e. The van der Waals surface area contributed by atoms with E-state index in [2.05, 4.69) is 20.5 Å². The van der Waals surface area contributed by atoms with E-state index in [-0.39, 0.29) is 11.5 Å². The highest BCUT2D eigenvalue weighted by molar-refractivity contribution is 5.93. The molecular formula is C22H26N6O4. The molecule has 1 N–H and O–H groups in total. The zero-order valence-electron chi connectivity index (χ0n) is 18.2. The van der Waals surface area contributed by atoms with Crippen molar-refractivity contribution in [3.63, 3.8) is 0 Å². The van der Waals surface area contributed by atoms with Crippen molar-refractivity contribution in [2.45, 2.75) is 38.2 Å². The number of aromatic nitrogens is 5. The Labute approximate surface area is 185 Å². The summed E-state index contributed by atoms with van der Waals surface area (Å²) in [6, 6.07) is 9.39. The maximum atomic E-state index is 13.0. The fourth-order valence-corrected chi connectivity index (χ4v) is 4.37. The van der Waals surface area contributed by atoms with Crippen LogP contribution in [0.2, 0.25) is 0 Å². The van der Waals surface area contributed by atoms with Crippen LogP contribution in [0.1, 0.15) is 34.7 Å². The van der Waals surface area contributed by atoms with Crippen LogP contribution in [0.5, 0.6) is 5.75 Å². The molecule has 1 saturated heterocycles. The van der Waals surface area contributed by atoms with Crippen molar-refractivity contribution >= 4 is 5.91 Å². The molecule has 10 heteroatoms. The zero-order chi connectivity index (χ0) is 22.1. The van der Waals surface area contributed by atoms with Gasteiger partial charge in [0.1, 0.15) is 17.1 Å². The van der Waals surface area contributed by atoms with Crippen LogP contribution in [-0.2, 0) is 29.2 Å². The summed E-state index contributed by atoms with van der Waals surface area (Å²) in [5.41, 5.74) is 3.61. The van der Waals surface area contributed by atoms with Crippen LogP contribution in [0, 0.1) is 0 Å². The van der Waals surface area contributed by atoms with Gasteiger partial charge in [-0.3, -0.25) is 9.89 Å². The highest BCUT2D eigenvalue weighted by Gasteiger charge is 2.41. The summed E-state index contributed by atoms with van der Waals surface area (Å²) in [7, 11) is 3.27. The molecule has 32 heavy (non-hydrogen) atoms. The number of H-pyrrole nitrogens is 1. The molecule has 0 radical (unpaired) electrons. The van der Waals surface area contributed by atoms with Crippen molar-refractivity contribution in [2.75, 3.05) is 27.3 Å². The Bertz CT molecular complexity index is 1100. The van der Waals surface area contributed by atoms with Gasteiger partial charge in [0.15, 0.2) is 0 Å². The lowest BCUT2D eigenvalue weighted by atomic mass is 9.89. The number of nitrogens with one attached hydrogen (secondary N) is 1. The van der Waals surface area contributed by atoms with Gasteiger partial charge in [-0.2, -0.15) is 5.10 Å². The van der Waals surface area contributed by atoms with E-state index in [1.54, 1.807) is 20.3 Å². The molecule has 1 aromatic carbocycles. The lowest BCUT2D eigenvalue weighted by molar-refractivity contribution is -0.120. The molecule has 2 aliphatic rings. The summed E-state index contributed by atoms with van der Waals surface area (Å²) in [6.45, 7) is 2.77. The minimum Gasteiger partial charge on any atom is -0.497 e. The van der Waals surface area contributed by atoms with Crippen LogP contribution in [0.15, 0.2) is 30.3 Å². The van der Waals surface area contributed by atoms with Crippen molar-refractivity contribution in [3.8, 4) is 17.0 Å². The maximum absolute atomic E-state index is 13.0. The number of amides is 1. The van der Waals surface area contributed by atoms with E-state index in [1.165, 1.54) is 0 Å². The SMILES string of the molecule is COCc1nnn2c1COC1(CCN(C(=O)c3cc(-c4ccc(OC)cc4)n[nH]3)CC1)C2. The summed E-state index contributed by atoms with van der Waals surface area (Å²) in [5.74, 6) is 0.729. The molecule has 0 unspecified atom stereocenters. The topological polar surface area (TPSA) is 107 Å². The van der Waals surface area contributed by atoms with Crippen molar-refractivity contribution < 1.29 is 19.0 Å². The average molecular weight is 438 g/mol. The van der Waals surface area contributed by atoms with E-state index in [0.29, 0.717) is 38.5 Å². The van der Waals surface area contributed by atoms with Crippen LogP contribution in [-0.4, -0.2) is 68.9 Å². The number of nitrogens with zero attached hydrogens (tertiary/aromatic N) is 5. The highest BCUT2D eigenvalue weighted by atomic mass is 16.5. The molecule has 1 fully saturated rings. The Kier molecular flexibility index (Phi) is 5.40.